The van der Waals surface area contributed by atoms with E-state index in [1.807, 2.05) is 56.3 Å². The minimum atomic E-state index is -3.48. The van der Waals surface area contributed by atoms with Gasteiger partial charge in [-0.1, -0.05) is 54.1 Å². The summed E-state index contributed by atoms with van der Waals surface area (Å²) in [5, 5.41) is 3.59. The minimum Gasteiger partial charge on any atom is -0.352 e. The SMILES string of the molecule is Cc1cccc(C)c1N(Cc1ccc(C(=O)NCCc2ccc(Cl)cc2)cc1)S(C)(=O)=O. The van der Waals surface area contributed by atoms with Gasteiger partial charge in [-0.2, -0.15) is 0 Å². The molecule has 3 aromatic rings. The first-order valence-corrected chi connectivity index (χ1v) is 12.5. The number of para-hydroxylation sites is 1. The molecule has 1 amide bonds. The summed E-state index contributed by atoms with van der Waals surface area (Å²) in [5.41, 5.74) is 4.91. The molecule has 0 aromatic heterocycles. The molecule has 5 nitrogen and oxygen atoms in total. The zero-order chi connectivity index (χ0) is 23.3. The van der Waals surface area contributed by atoms with Gasteiger partial charge in [0.25, 0.3) is 5.91 Å². The van der Waals surface area contributed by atoms with Crippen molar-refractivity contribution in [1.82, 2.24) is 5.32 Å². The number of nitrogens with one attached hydrogen (secondary N) is 1. The highest BCUT2D eigenvalue weighted by Gasteiger charge is 2.21. The Hall–Kier alpha value is -2.83. The summed E-state index contributed by atoms with van der Waals surface area (Å²) in [6, 6.07) is 20.3. The van der Waals surface area contributed by atoms with Gasteiger partial charge in [0, 0.05) is 17.1 Å². The Bertz CT molecular complexity index is 1170. The Morgan fingerprint density at radius 1 is 0.906 bits per heavy atom. The van der Waals surface area contributed by atoms with Crippen LogP contribution in [-0.4, -0.2) is 27.1 Å². The number of aryl methyl sites for hydroxylation is 2. The third-order valence-electron chi connectivity index (χ3n) is 5.24. The second-order valence-electron chi connectivity index (χ2n) is 7.84. The van der Waals surface area contributed by atoms with Crippen molar-refractivity contribution in [3.8, 4) is 0 Å². The Morgan fingerprint density at radius 3 is 2.03 bits per heavy atom. The first-order chi connectivity index (χ1) is 15.1. The zero-order valence-corrected chi connectivity index (χ0v) is 20.0. The third kappa shape index (κ3) is 6.11. The summed E-state index contributed by atoms with van der Waals surface area (Å²) in [7, 11) is -3.48. The Kier molecular flexibility index (Phi) is 7.59. The maximum Gasteiger partial charge on any atom is 0.251 e. The monoisotopic (exact) mass is 470 g/mol. The molecule has 0 saturated heterocycles. The summed E-state index contributed by atoms with van der Waals surface area (Å²) >= 11 is 5.89. The first-order valence-electron chi connectivity index (χ1n) is 10.3. The minimum absolute atomic E-state index is 0.166. The molecule has 0 spiro atoms. The molecule has 0 fully saturated rings. The number of carbonyl (C=O) groups is 1. The van der Waals surface area contributed by atoms with E-state index in [0.717, 1.165) is 22.3 Å². The van der Waals surface area contributed by atoms with E-state index in [2.05, 4.69) is 5.32 Å². The van der Waals surface area contributed by atoms with Crippen LogP contribution in [0.5, 0.6) is 0 Å². The summed E-state index contributed by atoms with van der Waals surface area (Å²) in [6.07, 6.45) is 1.92. The lowest BCUT2D eigenvalue weighted by atomic mass is 10.1. The van der Waals surface area contributed by atoms with Crippen LogP contribution in [0.3, 0.4) is 0 Å². The highest BCUT2D eigenvalue weighted by molar-refractivity contribution is 7.92. The van der Waals surface area contributed by atoms with Crippen LogP contribution in [0.25, 0.3) is 0 Å². The fraction of sp³-hybridized carbons (Fsp3) is 0.240. The molecule has 168 valence electrons. The number of sulfonamides is 1. The normalized spacial score (nSPS) is 11.2. The van der Waals surface area contributed by atoms with E-state index in [4.69, 9.17) is 11.6 Å². The van der Waals surface area contributed by atoms with E-state index in [9.17, 15) is 13.2 Å². The molecule has 0 aliphatic heterocycles. The van der Waals surface area contributed by atoms with Gasteiger partial charge < -0.3 is 5.32 Å². The summed E-state index contributed by atoms with van der Waals surface area (Å²) in [5.74, 6) is -0.166. The number of benzene rings is 3. The number of rotatable bonds is 8. The maximum atomic E-state index is 12.5. The standard InChI is InChI=1S/C25H27ClN2O3S/c1-18-5-4-6-19(2)24(18)28(32(3,30)31)17-21-7-11-22(12-8-21)25(29)27-16-15-20-9-13-23(26)14-10-20/h4-14H,15-17H2,1-3H3,(H,27,29). The first kappa shape index (κ1) is 23.8. The van der Waals surface area contributed by atoms with Crippen LogP contribution >= 0.6 is 11.6 Å². The van der Waals surface area contributed by atoms with Crippen LogP contribution < -0.4 is 9.62 Å². The molecular weight excluding hydrogens is 444 g/mol. The van der Waals surface area contributed by atoms with Gasteiger partial charge >= 0.3 is 0 Å². The van der Waals surface area contributed by atoms with Crippen molar-refractivity contribution in [2.75, 3.05) is 17.1 Å². The van der Waals surface area contributed by atoms with Crippen LogP contribution in [0.4, 0.5) is 5.69 Å². The fourth-order valence-electron chi connectivity index (χ4n) is 3.56. The van der Waals surface area contributed by atoms with E-state index in [1.54, 1.807) is 24.3 Å². The molecular formula is C25H27ClN2O3S. The topological polar surface area (TPSA) is 66.5 Å². The van der Waals surface area contributed by atoms with Gasteiger partial charge in [-0.3, -0.25) is 9.10 Å². The van der Waals surface area contributed by atoms with Gasteiger partial charge in [-0.25, -0.2) is 8.42 Å². The molecule has 0 unspecified atom stereocenters. The molecule has 0 atom stereocenters. The number of nitrogens with zero attached hydrogens (tertiary/aromatic N) is 1. The highest BCUT2D eigenvalue weighted by atomic mass is 35.5. The number of hydrogen-bond acceptors (Lipinski definition) is 3. The molecule has 3 rings (SSSR count). The molecule has 3 aromatic carbocycles. The lowest BCUT2D eigenvalue weighted by Gasteiger charge is -2.26. The molecule has 0 aliphatic rings. The number of halogens is 1. The fourth-order valence-corrected chi connectivity index (χ4v) is 4.69. The molecule has 7 heteroatoms. The van der Waals surface area contributed by atoms with Crippen LogP contribution in [0.1, 0.15) is 32.6 Å². The average Bonchev–Trinajstić information content (AvgIpc) is 2.74. The van der Waals surface area contributed by atoms with E-state index < -0.39 is 10.0 Å². The van der Waals surface area contributed by atoms with Crippen LogP contribution in [0.15, 0.2) is 66.7 Å². The summed E-state index contributed by atoms with van der Waals surface area (Å²) < 4.78 is 26.5. The van der Waals surface area contributed by atoms with Crippen molar-refractivity contribution in [3.63, 3.8) is 0 Å². The quantitative estimate of drug-likeness (QED) is 0.509. The zero-order valence-electron chi connectivity index (χ0n) is 18.4. The summed E-state index contributed by atoms with van der Waals surface area (Å²) in [4.78, 5) is 12.5. The lowest BCUT2D eigenvalue weighted by molar-refractivity contribution is 0.0954. The number of amides is 1. The van der Waals surface area contributed by atoms with E-state index in [0.29, 0.717) is 29.2 Å². The molecule has 0 bridgehead atoms. The number of anilines is 1. The second kappa shape index (κ2) is 10.2. The van der Waals surface area contributed by atoms with Gasteiger partial charge in [0.05, 0.1) is 18.5 Å². The van der Waals surface area contributed by atoms with Gasteiger partial charge in [0.1, 0.15) is 0 Å². The van der Waals surface area contributed by atoms with Gasteiger partial charge in [-0.15, -0.1) is 0 Å². The number of hydrogen-bond donors (Lipinski definition) is 1. The van der Waals surface area contributed by atoms with Gasteiger partial charge in [0.2, 0.25) is 10.0 Å². The van der Waals surface area contributed by atoms with Crippen molar-refractivity contribution >= 4 is 33.2 Å². The van der Waals surface area contributed by atoms with Crippen LogP contribution in [0.2, 0.25) is 5.02 Å². The van der Waals surface area contributed by atoms with Gasteiger partial charge in [0.15, 0.2) is 0 Å². The Labute approximate surface area is 195 Å². The molecule has 0 saturated carbocycles. The predicted molar refractivity (Wildman–Crippen MR) is 131 cm³/mol. The van der Waals surface area contributed by atoms with E-state index in [1.165, 1.54) is 10.6 Å². The van der Waals surface area contributed by atoms with E-state index in [-0.39, 0.29) is 12.5 Å². The third-order valence-corrected chi connectivity index (χ3v) is 6.61. The van der Waals surface area contributed by atoms with Crippen LogP contribution in [-0.2, 0) is 23.0 Å². The van der Waals surface area contributed by atoms with Crippen molar-refractivity contribution < 1.29 is 13.2 Å². The van der Waals surface area contributed by atoms with Crippen molar-refractivity contribution in [2.45, 2.75) is 26.8 Å². The maximum absolute atomic E-state index is 12.5. The van der Waals surface area contributed by atoms with E-state index >= 15 is 0 Å². The lowest BCUT2D eigenvalue weighted by Crippen LogP contribution is -2.30. The largest absolute Gasteiger partial charge is 0.352 e. The molecule has 0 heterocycles. The van der Waals surface area contributed by atoms with Crippen molar-refractivity contribution in [2.24, 2.45) is 0 Å². The smallest absolute Gasteiger partial charge is 0.251 e. The van der Waals surface area contributed by atoms with Crippen molar-refractivity contribution in [1.29, 1.82) is 0 Å². The summed E-state index contributed by atoms with van der Waals surface area (Å²) in [6.45, 7) is 4.51. The molecule has 0 radical (unpaired) electrons. The Balaban J connectivity index is 1.67. The Morgan fingerprint density at radius 2 is 1.47 bits per heavy atom. The molecule has 1 N–H and O–H groups in total. The van der Waals surface area contributed by atoms with Crippen molar-refractivity contribution in [3.05, 3.63) is 99.6 Å². The number of carbonyl (C=O) groups excluding carboxylic acids is 1. The average molecular weight is 471 g/mol. The van der Waals surface area contributed by atoms with Crippen LogP contribution in [0, 0.1) is 13.8 Å². The van der Waals surface area contributed by atoms with Gasteiger partial charge in [-0.05, 0) is 66.8 Å². The highest BCUT2D eigenvalue weighted by Crippen LogP contribution is 2.28. The second-order valence-corrected chi connectivity index (χ2v) is 10.2. The molecule has 0 aliphatic carbocycles. The molecule has 32 heavy (non-hydrogen) atoms. The predicted octanol–water partition coefficient (Wildman–Crippen LogP) is 4.90.